The van der Waals surface area contributed by atoms with Crippen LogP contribution in [0.4, 0.5) is 11.4 Å². The molecular weight excluding hydrogens is 308 g/mol. The highest BCUT2D eigenvalue weighted by molar-refractivity contribution is 7.99. The van der Waals surface area contributed by atoms with E-state index >= 15 is 0 Å². The average Bonchev–Trinajstić information content (AvgIpc) is 2.55. The maximum Gasteiger partial charge on any atom is 0.0787 e. The molecular formula is C18H32N2O2S. The zero-order chi connectivity index (χ0) is 16.9. The summed E-state index contributed by atoms with van der Waals surface area (Å²) < 4.78 is 0. The number of aliphatic hydroxyl groups is 2. The predicted molar refractivity (Wildman–Crippen MR) is 101 cm³/mol. The molecule has 0 spiro atoms. The molecule has 1 atom stereocenters. The van der Waals surface area contributed by atoms with Crippen LogP contribution in [0.5, 0.6) is 0 Å². The van der Waals surface area contributed by atoms with Crippen LogP contribution >= 0.6 is 11.8 Å². The minimum atomic E-state index is -0.657. The molecule has 132 valence electrons. The van der Waals surface area contributed by atoms with E-state index in [1.165, 1.54) is 38.5 Å². The summed E-state index contributed by atoms with van der Waals surface area (Å²) in [5.41, 5.74) is 7.73. The zero-order valence-electron chi connectivity index (χ0n) is 14.3. The van der Waals surface area contributed by atoms with Gasteiger partial charge < -0.3 is 21.3 Å². The van der Waals surface area contributed by atoms with Gasteiger partial charge in [-0.3, -0.25) is 0 Å². The molecule has 0 amide bonds. The van der Waals surface area contributed by atoms with Crippen LogP contribution in [-0.2, 0) is 0 Å². The third-order valence-electron chi connectivity index (χ3n) is 3.76. The summed E-state index contributed by atoms with van der Waals surface area (Å²) in [7, 11) is 0. The van der Waals surface area contributed by atoms with Crippen molar-refractivity contribution >= 4 is 23.1 Å². The Morgan fingerprint density at radius 3 is 2.65 bits per heavy atom. The maximum absolute atomic E-state index is 9.40. The van der Waals surface area contributed by atoms with Crippen LogP contribution in [0.3, 0.4) is 0 Å². The molecule has 1 aromatic rings. The van der Waals surface area contributed by atoms with Gasteiger partial charge >= 0.3 is 0 Å². The normalized spacial score (nSPS) is 12.3. The molecule has 0 heterocycles. The standard InChI is InChI=1S/C18H32N2O2S/c1-2-3-4-5-6-7-12-23-18-13-15(19)8-9-17(18)20-11-10-16(22)14-21/h8-9,13,16,20-22H,2-7,10-12,14,19H2,1H3. The van der Waals surface area contributed by atoms with Gasteiger partial charge in [0.15, 0.2) is 0 Å². The van der Waals surface area contributed by atoms with Crippen molar-refractivity contribution in [1.29, 1.82) is 0 Å². The monoisotopic (exact) mass is 340 g/mol. The Labute approximate surface area is 144 Å². The fourth-order valence-corrected chi connectivity index (χ4v) is 3.42. The Hall–Kier alpha value is -0.910. The third kappa shape index (κ3) is 9.08. The van der Waals surface area contributed by atoms with Gasteiger partial charge in [0.05, 0.1) is 12.7 Å². The first kappa shape index (κ1) is 20.1. The highest BCUT2D eigenvalue weighted by atomic mass is 32.2. The molecule has 0 bridgehead atoms. The van der Waals surface area contributed by atoms with Crippen molar-refractivity contribution in [2.75, 3.05) is 30.0 Å². The number of rotatable bonds is 13. The number of aliphatic hydroxyl groups excluding tert-OH is 2. The van der Waals surface area contributed by atoms with E-state index in [-0.39, 0.29) is 6.61 Å². The molecule has 0 aliphatic heterocycles. The first-order valence-corrected chi connectivity index (χ1v) is 9.71. The zero-order valence-corrected chi connectivity index (χ0v) is 15.1. The van der Waals surface area contributed by atoms with Crippen LogP contribution in [0.2, 0.25) is 0 Å². The van der Waals surface area contributed by atoms with E-state index in [1.54, 1.807) is 0 Å². The number of benzene rings is 1. The van der Waals surface area contributed by atoms with Crippen molar-refractivity contribution < 1.29 is 10.2 Å². The Kier molecular flexibility index (Phi) is 10.9. The second-order valence-electron chi connectivity index (χ2n) is 5.92. The van der Waals surface area contributed by atoms with E-state index < -0.39 is 6.10 Å². The van der Waals surface area contributed by atoms with Gasteiger partial charge in [0.25, 0.3) is 0 Å². The summed E-state index contributed by atoms with van der Waals surface area (Å²) in [4.78, 5) is 1.16. The minimum Gasteiger partial charge on any atom is -0.399 e. The molecule has 0 aliphatic rings. The van der Waals surface area contributed by atoms with Crippen molar-refractivity contribution in [2.24, 2.45) is 0 Å². The van der Waals surface area contributed by atoms with Crippen molar-refractivity contribution in [3.05, 3.63) is 18.2 Å². The molecule has 0 aliphatic carbocycles. The van der Waals surface area contributed by atoms with E-state index in [0.717, 1.165) is 22.0 Å². The van der Waals surface area contributed by atoms with Gasteiger partial charge in [0.1, 0.15) is 0 Å². The molecule has 0 saturated heterocycles. The van der Waals surface area contributed by atoms with E-state index in [4.69, 9.17) is 10.8 Å². The predicted octanol–water partition coefficient (Wildman–Crippen LogP) is 3.88. The van der Waals surface area contributed by atoms with E-state index in [0.29, 0.717) is 13.0 Å². The molecule has 0 radical (unpaired) electrons. The highest BCUT2D eigenvalue weighted by Crippen LogP contribution is 2.30. The van der Waals surface area contributed by atoms with Gasteiger partial charge in [0, 0.05) is 22.8 Å². The Morgan fingerprint density at radius 1 is 1.17 bits per heavy atom. The van der Waals surface area contributed by atoms with Gasteiger partial charge in [-0.2, -0.15) is 0 Å². The SMILES string of the molecule is CCCCCCCCSc1cc(N)ccc1NCCC(O)CO. The number of unbranched alkanes of at least 4 members (excludes halogenated alkanes) is 5. The van der Waals surface area contributed by atoms with Crippen molar-refractivity contribution in [2.45, 2.75) is 62.9 Å². The summed E-state index contributed by atoms with van der Waals surface area (Å²) in [5, 5.41) is 21.6. The van der Waals surface area contributed by atoms with Crippen LogP contribution in [0, 0.1) is 0 Å². The van der Waals surface area contributed by atoms with Crippen LogP contribution in [0.15, 0.2) is 23.1 Å². The highest BCUT2D eigenvalue weighted by Gasteiger charge is 2.06. The van der Waals surface area contributed by atoms with Crippen LogP contribution in [0.1, 0.15) is 51.9 Å². The Balaban J connectivity index is 2.36. The summed E-state index contributed by atoms with van der Waals surface area (Å²) in [5.74, 6) is 1.10. The van der Waals surface area contributed by atoms with Crippen molar-refractivity contribution in [3.63, 3.8) is 0 Å². The quantitative estimate of drug-likeness (QED) is 0.249. The third-order valence-corrected chi connectivity index (χ3v) is 4.91. The van der Waals surface area contributed by atoms with E-state index in [1.807, 2.05) is 30.0 Å². The minimum absolute atomic E-state index is 0.191. The molecule has 1 unspecified atom stereocenters. The van der Waals surface area contributed by atoms with Crippen molar-refractivity contribution in [3.8, 4) is 0 Å². The summed E-state index contributed by atoms with van der Waals surface area (Å²) in [6.45, 7) is 2.68. The molecule has 0 aromatic heterocycles. The number of hydrogen-bond acceptors (Lipinski definition) is 5. The molecule has 4 nitrogen and oxygen atoms in total. The Morgan fingerprint density at radius 2 is 1.91 bits per heavy atom. The van der Waals surface area contributed by atoms with Gasteiger partial charge in [0.2, 0.25) is 0 Å². The van der Waals surface area contributed by atoms with Crippen LogP contribution < -0.4 is 11.1 Å². The van der Waals surface area contributed by atoms with Crippen molar-refractivity contribution in [1.82, 2.24) is 0 Å². The number of anilines is 2. The van der Waals surface area contributed by atoms with Gasteiger partial charge in [-0.05, 0) is 36.8 Å². The molecule has 0 fully saturated rings. The van der Waals surface area contributed by atoms with Crippen LogP contribution in [0.25, 0.3) is 0 Å². The molecule has 5 N–H and O–H groups in total. The first-order valence-electron chi connectivity index (χ1n) is 8.72. The fourth-order valence-electron chi connectivity index (χ4n) is 2.33. The van der Waals surface area contributed by atoms with Gasteiger partial charge in [-0.1, -0.05) is 39.0 Å². The lowest BCUT2D eigenvalue weighted by molar-refractivity contribution is 0.0911. The molecule has 23 heavy (non-hydrogen) atoms. The van der Waals surface area contributed by atoms with Crippen LogP contribution in [-0.4, -0.2) is 35.2 Å². The molecule has 1 rings (SSSR count). The smallest absolute Gasteiger partial charge is 0.0787 e. The number of hydrogen-bond donors (Lipinski definition) is 4. The average molecular weight is 341 g/mol. The summed E-state index contributed by atoms with van der Waals surface area (Å²) in [6.07, 6.45) is 7.70. The van der Waals surface area contributed by atoms with E-state index in [9.17, 15) is 5.11 Å². The lowest BCUT2D eigenvalue weighted by Gasteiger charge is -2.14. The lowest BCUT2D eigenvalue weighted by atomic mass is 10.1. The van der Waals surface area contributed by atoms with E-state index in [2.05, 4.69) is 12.2 Å². The fraction of sp³-hybridized carbons (Fsp3) is 0.667. The number of nitrogen functional groups attached to an aromatic ring is 1. The number of nitrogens with two attached hydrogens (primary N) is 1. The van der Waals surface area contributed by atoms with Gasteiger partial charge in [-0.25, -0.2) is 0 Å². The Bertz CT molecular complexity index is 429. The molecule has 5 heteroatoms. The lowest BCUT2D eigenvalue weighted by Crippen LogP contribution is -2.17. The summed E-state index contributed by atoms with van der Waals surface area (Å²) >= 11 is 1.84. The number of thioether (sulfide) groups is 1. The van der Waals surface area contributed by atoms with Gasteiger partial charge in [-0.15, -0.1) is 11.8 Å². The molecule has 0 saturated carbocycles. The second kappa shape index (κ2) is 12.5. The summed E-state index contributed by atoms with van der Waals surface area (Å²) in [6, 6.07) is 5.89. The second-order valence-corrected chi connectivity index (χ2v) is 7.06. The maximum atomic E-state index is 9.40. The number of nitrogens with one attached hydrogen (secondary N) is 1. The topological polar surface area (TPSA) is 78.5 Å². The molecule has 1 aromatic carbocycles. The first-order chi connectivity index (χ1) is 11.2. The largest absolute Gasteiger partial charge is 0.399 e.